The standard InChI is InChI=1S/C16H12ClF2N3O2/c17-10-1-4-14(20-7-10)21-16(24)9-5-15(23)22(8-9)13-3-2-11(18)6-12(13)19/h1-4,6-7,9H,5,8H2,(H,20,21,24)/t9-/m0/s1. The molecule has 0 aliphatic carbocycles. The van der Waals surface area contributed by atoms with Crippen molar-refractivity contribution in [2.45, 2.75) is 6.42 Å². The van der Waals surface area contributed by atoms with Crippen molar-refractivity contribution in [2.24, 2.45) is 5.92 Å². The fourth-order valence-corrected chi connectivity index (χ4v) is 2.61. The van der Waals surface area contributed by atoms with Gasteiger partial charge in [-0.3, -0.25) is 9.59 Å². The number of nitrogens with zero attached hydrogens (tertiary/aromatic N) is 2. The number of nitrogens with one attached hydrogen (secondary N) is 1. The zero-order valence-electron chi connectivity index (χ0n) is 12.3. The van der Waals surface area contributed by atoms with E-state index in [1.54, 1.807) is 6.07 Å². The van der Waals surface area contributed by atoms with Gasteiger partial charge in [-0.1, -0.05) is 11.6 Å². The second-order valence-electron chi connectivity index (χ2n) is 5.35. The Labute approximate surface area is 141 Å². The molecule has 1 saturated heterocycles. The summed E-state index contributed by atoms with van der Waals surface area (Å²) in [6.45, 7) is 0.0147. The molecule has 2 heterocycles. The van der Waals surface area contributed by atoms with Crippen LogP contribution in [0.15, 0.2) is 36.5 Å². The summed E-state index contributed by atoms with van der Waals surface area (Å²) in [6, 6.07) is 6.06. The maximum atomic E-state index is 13.8. The second-order valence-corrected chi connectivity index (χ2v) is 5.79. The highest BCUT2D eigenvalue weighted by Gasteiger charge is 2.36. The summed E-state index contributed by atoms with van der Waals surface area (Å²) in [7, 11) is 0. The monoisotopic (exact) mass is 351 g/mol. The van der Waals surface area contributed by atoms with E-state index in [0.717, 1.165) is 11.0 Å². The van der Waals surface area contributed by atoms with Crippen molar-refractivity contribution in [2.75, 3.05) is 16.8 Å². The quantitative estimate of drug-likeness (QED) is 0.924. The van der Waals surface area contributed by atoms with E-state index in [4.69, 9.17) is 11.6 Å². The van der Waals surface area contributed by atoms with Gasteiger partial charge in [-0.25, -0.2) is 13.8 Å². The SMILES string of the molecule is O=C(Nc1ccc(Cl)cn1)[C@H]1CC(=O)N(c2ccc(F)cc2F)C1. The molecule has 0 unspecified atom stereocenters. The number of halogens is 3. The smallest absolute Gasteiger partial charge is 0.230 e. The molecule has 1 aliphatic heterocycles. The van der Waals surface area contributed by atoms with Crippen molar-refractivity contribution in [1.82, 2.24) is 4.98 Å². The largest absolute Gasteiger partial charge is 0.310 e. The maximum Gasteiger partial charge on any atom is 0.230 e. The molecule has 1 atom stereocenters. The van der Waals surface area contributed by atoms with Crippen molar-refractivity contribution >= 4 is 34.9 Å². The Kier molecular flexibility index (Phi) is 4.44. The minimum absolute atomic E-state index is 0.0147. The molecule has 3 rings (SSSR count). The Morgan fingerprint density at radius 3 is 2.75 bits per heavy atom. The number of carbonyl (C=O) groups is 2. The highest BCUT2D eigenvalue weighted by molar-refractivity contribution is 6.30. The van der Waals surface area contributed by atoms with E-state index in [2.05, 4.69) is 10.3 Å². The van der Waals surface area contributed by atoms with Crippen LogP contribution in [-0.4, -0.2) is 23.3 Å². The Morgan fingerprint density at radius 2 is 2.08 bits per heavy atom. The second kappa shape index (κ2) is 6.52. The summed E-state index contributed by atoms with van der Waals surface area (Å²) >= 11 is 5.72. The number of pyridine rings is 1. The molecule has 1 fully saturated rings. The van der Waals surface area contributed by atoms with E-state index >= 15 is 0 Å². The van der Waals surface area contributed by atoms with Crippen LogP contribution in [0.25, 0.3) is 0 Å². The zero-order chi connectivity index (χ0) is 17.3. The van der Waals surface area contributed by atoms with Crippen LogP contribution in [-0.2, 0) is 9.59 Å². The Balaban J connectivity index is 1.72. The van der Waals surface area contributed by atoms with Crippen molar-refractivity contribution < 1.29 is 18.4 Å². The first-order valence-corrected chi connectivity index (χ1v) is 7.49. The van der Waals surface area contributed by atoms with Gasteiger partial charge in [-0.05, 0) is 24.3 Å². The van der Waals surface area contributed by atoms with Crippen molar-refractivity contribution in [1.29, 1.82) is 0 Å². The molecule has 1 N–H and O–H groups in total. The average Bonchev–Trinajstić information content (AvgIpc) is 2.91. The molecular weight excluding hydrogens is 340 g/mol. The molecule has 5 nitrogen and oxygen atoms in total. The lowest BCUT2D eigenvalue weighted by Crippen LogP contribution is -2.28. The number of hydrogen-bond donors (Lipinski definition) is 1. The maximum absolute atomic E-state index is 13.8. The summed E-state index contributed by atoms with van der Waals surface area (Å²) in [5, 5.41) is 3.02. The van der Waals surface area contributed by atoms with Gasteiger partial charge >= 0.3 is 0 Å². The van der Waals surface area contributed by atoms with E-state index < -0.39 is 29.4 Å². The van der Waals surface area contributed by atoms with E-state index in [1.807, 2.05) is 0 Å². The van der Waals surface area contributed by atoms with Crippen LogP contribution < -0.4 is 10.2 Å². The third-order valence-electron chi connectivity index (χ3n) is 3.68. The van der Waals surface area contributed by atoms with Gasteiger partial charge < -0.3 is 10.2 Å². The molecule has 0 radical (unpaired) electrons. The first-order chi connectivity index (χ1) is 11.4. The van der Waals surface area contributed by atoms with Gasteiger partial charge in [-0.15, -0.1) is 0 Å². The van der Waals surface area contributed by atoms with E-state index in [0.29, 0.717) is 16.9 Å². The number of hydrogen-bond acceptors (Lipinski definition) is 3. The van der Waals surface area contributed by atoms with E-state index in [9.17, 15) is 18.4 Å². The lowest BCUT2D eigenvalue weighted by atomic mass is 10.1. The number of carbonyl (C=O) groups excluding carboxylic acids is 2. The van der Waals surface area contributed by atoms with Gasteiger partial charge in [0.15, 0.2) is 0 Å². The molecule has 2 aromatic rings. The highest BCUT2D eigenvalue weighted by atomic mass is 35.5. The molecular formula is C16H12ClF2N3O2. The van der Waals surface area contributed by atoms with Gasteiger partial charge in [0, 0.05) is 25.2 Å². The Hall–Kier alpha value is -2.54. The highest BCUT2D eigenvalue weighted by Crippen LogP contribution is 2.28. The average molecular weight is 352 g/mol. The number of anilines is 2. The number of amides is 2. The normalized spacial score (nSPS) is 17.2. The fraction of sp³-hybridized carbons (Fsp3) is 0.188. The van der Waals surface area contributed by atoms with Crippen molar-refractivity contribution in [3.8, 4) is 0 Å². The molecule has 2 amide bonds. The number of aromatic nitrogens is 1. The Bertz CT molecular complexity index is 798. The predicted molar refractivity (Wildman–Crippen MR) is 84.7 cm³/mol. The predicted octanol–water partition coefficient (Wildman–Crippen LogP) is 3.00. The summed E-state index contributed by atoms with van der Waals surface area (Å²) in [4.78, 5) is 29.4. The summed E-state index contributed by atoms with van der Waals surface area (Å²) < 4.78 is 26.8. The van der Waals surface area contributed by atoms with Crippen molar-refractivity contribution in [3.05, 3.63) is 53.2 Å². The lowest BCUT2D eigenvalue weighted by Gasteiger charge is -2.17. The minimum atomic E-state index is -0.844. The first-order valence-electron chi connectivity index (χ1n) is 7.12. The molecule has 1 aromatic heterocycles. The van der Waals surface area contributed by atoms with Gasteiger partial charge in [-0.2, -0.15) is 0 Å². The van der Waals surface area contributed by atoms with E-state index in [1.165, 1.54) is 18.3 Å². The third-order valence-corrected chi connectivity index (χ3v) is 3.90. The Morgan fingerprint density at radius 1 is 1.29 bits per heavy atom. The van der Waals surface area contributed by atoms with Crippen LogP contribution in [0.1, 0.15) is 6.42 Å². The van der Waals surface area contributed by atoms with Crippen LogP contribution in [0, 0.1) is 17.6 Å². The number of benzene rings is 1. The molecule has 24 heavy (non-hydrogen) atoms. The number of rotatable bonds is 3. The van der Waals surface area contributed by atoms with Crippen LogP contribution >= 0.6 is 11.6 Å². The molecule has 0 bridgehead atoms. The van der Waals surface area contributed by atoms with E-state index in [-0.39, 0.29) is 18.7 Å². The van der Waals surface area contributed by atoms with Gasteiger partial charge in [0.25, 0.3) is 0 Å². The molecule has 1 aliphatic rings. The molecule has 1 aromatic carbocycles. The summed E-state index contributed by atoms with van der Waals surface area (Å²) in [5.74, 6) is -2.72. The van der Waals surface area contributed by atoms with Crippen LogP contribution in [0.5, 0.6) is 0 Å². The van der Waals surface area contributed by atoms with Gasteiger partial charge in [0.1, 0.15) is 17.5 Å². The molecule has 124 valence electrons. The lowest BCUT2D eigenvalue weighted by molar-refractivity contribution is -0.122. The summed E-state index contributed by atoms with van der Waals surface area (Å²) in [6.07, 6.45) is 1.33. The van der Waals surface area contributed by atoms with Crippen LogP contribution in [0.3, 0.4) is 0 Å². The van der Waals surface area contributed by atoms with Crippen LogP contribution in [0.4, 0.5) is 20.3 Å². The van der Waals surface area contributed by atoms with Gasteiger partial charge in [0.2, 0.25) is 11.8 Å². The molecule has 0 spiro atoms. The van der Waals surface area contributed by atoms with Crippen molar-refractivity contribution in [3.63, 3.8) is 0 Å². The third kappa shape index (κ3) is 3.35. The van der Waals surface area contributed by atoms with Crippen LogP contribution in [0.2, 0.25) is 5.02 Å². The summed E-state index contributed by atoms with van der Waals surface area (Å²) in [5.41, 5.74) is -0.0404. The van der Waals surface area contributed by atoms with Gasteiger partial charge in [0.05, 0.1) is 16.6 Å². The topological polar surface area (TPSA) is 62.3 Å². The first kappa shape index (κ1) is 16.3. The molecule has 0 saturated carbocycles. The fourth-order valence-electron chi connectivity index (χ4n) is 2.49. The molecule has 8 heteroatoms. The zero-order valence-corrected chi connectivity index (χ0v) is 13.1. The minimum Gasteiger partial charge on any atom is -0.310 e.